The van der Waals surface area contributed by atoms with E-state index in [1.54, 1.807) is 19.2 Å². The Morgan fingerprint density at radius 1 is 1.32 bits per heavy atom. The lowest BCUT2D eigenvalue weighted by Crippen LogP contribution is -2.40. The highest BCUT2D eigenvalue weighted by molar-refractivity contribution is 7.89. The van der Waals surface area contributed by atoms with E-state index in [0.29, 0.717) is 19.4 Å². The van der Waals surface area contributed by atoms with E-state index in [-0.39, 0.29) is 11.3 Å². The van der Waals surface area contributed by atoms with Gasteiger partial charge in [-0.2, -0.15) is 4.72 Å². The van der Waals surface area contributed by atoms with Crippen molar-refractivity contribution in [2.45, 2.75) is 43.5 Å². The normalized spacial score (nSPS) is 13.0. The van der Waals surface area contributed by atoms with Crippen LogP contribution >= 0.6 is 0 Å². The van der Waals surface area contributed by atoms with Crippen LogP contribution < -0.4 is 4.72 Å². The van der Waals surface area contributed by atoms with E-state index in [2.05, 4.69) is 4.72 Å². The monoisotopic (exact) mass is 329 g/mol. The summed E-state index contributed by atoms with van der Waals surface area (Å²) in [6.07, 6.45) is 2.42. The first kappa shape index (κ1) is 18.6. The maximum absolute atomic E-state index is 12.2. The van der Waals surface area contributed by atoms with E-state index >= 15 is 0 Å². The highest BCUT2D eigenvalue weighted by Crippen LogP contribution is 2.13. The van der Waals surface area contributed by atoms with Gasteiger partial charge in [0.1, 0.15) is 6.04 Å². The number of nitrogens with one attached hydrogen (secondary N) is 1. The van der Waals surface area contributed by atoms with E-state index in [1.807, 2.05) is 6.92 Å². The molecule has 0 saturated heterocycles. The van der Waals surface area contributed by atoms with Gasteiger partial charge in [0, 0.05) is 7.11 Å². The van der Waals surface area contributed by atoms with Crippen molar-refractivity contribution in [2.75, 3.05) is 13.7 Å². The minimum absolute atomic E-state index is 0.0661. The zero-order chi connectivity index (χ0) is 16.6. The van der Waals surface area contributed by atoms with Gasteiger partial charge < -0.3 is 9.84 Å². The topological polar surface area (TPSA) is 92.7 Å². The average molecular weight is 329 g/mol. The molecule has 6 nitrogen and oxygen atoms in total. The zero-order valence-electron chi connectivity index (χ0n) is 12.9. The summed E-state index contributed by atoms with van der Waals surface area (Å²) in [4.78, 5) is 11.2. The average Bonchev–Trinajstić information content (AvgIpc) is 2.49. The number of rotatable bonds is 10. The van der Waals surface area contributed by atoms with Crippen LogP contribution in [0, 0.1) is 0 Å². The number of hydrogen-bond acceptors (Lipinski definition) is 4. The van der Waals surface area contributed by atoms with E-state index in [9.17, 15) is 13.2 Å². The van der Waals surface area contributed by atoms with Gasteiger partial charge in [0.2, 0.25) is 10.0 Å². The molecule has 2 N–H and O–H groups in total. The van der Waals surface area contributed by atoms with Crippen LogP contribution in [0.2, 0.25) is 0 Å². The number of hydrogen-bond donors (Lipinski definition) is 2. The Balaban J connectivity index is 2.81. The van der Waals surface area contributed by atoms with Crippen LogP contribution in [0.4, 0.5) is 0 Å². The molecule has 0 saturated carbocycles. The number of benzene rings is 1. The van der Waals surface area contributed by atoms with Crippen molar-refractivity contribution >= 4 is 16.0 Å². The van der Waals surface area contributed by atoms with Crippen LogP contribution in [-0.4, -0.2) is 39.3 Å². The molecule has 0 fully saturated rings. The molecule has 1 aromatic rings. The van der Waals surface area contributed by atoms with E-state index in [4.69, 9.17) is 9.84 Å². The Kier molecular flexibility index (Phi) is 7.50. The van der Waals surface area contributed by atoms with Gasteiger partial charge in [-0.25, -0.2) is 8.42 Å². The quantitative estimate of drug-likeness (QED) is 0.683. The second-order valence-corrected chi connectivity index (χ2v) is 6.76. The molecule has 0 heterocycles. The van der Waals surface area contributed by atoms with Crippen molar-refractivity contribution in [3.05, 3.63) is 29.8 Å². The molecule has 1 rings (SSSR count). The van der Waals surface area contributed by atoms with Gasteiger partial charge in [-0.1, -0.05) is 31.9 Å². The summed E-state index contributed by atoms with van der Waals surface area (Å²) in [5.74, 6) is -1.16. The van der Waals surface area contributed by atoms with Crippen LogP contribution in [0.3, 0.4) is 0 Å². The first-order valence-electron chi connectivity index (χ1n) is 7.23. The van der Waals surface area contributed by atoms with Crippen molar-refractivity contribution in [3.8, 4) is 0 Å². The van der Waals surface area contributed by atoms with Crippen LogP contribution in [0.25, 0.3) is 0 Å². The number of ether oxygens (including phenoxy) is 1. The van der Waals surface area contributed by atoms with Crippen LogP contribution in [0.5, 0.6) is 0 Å². The van der Waals surface area contributed by atoms with Crippen molar-refractivity contribution in [1.82, 2.24) is 4.72 Å². The zero-order valence-corrected chi connectivity index (χ0v) is 13.7. The third-order valence-electron chi connectivity index (χ3n) is 3.27. The molecule has 0 amide bonds. The van der Waals surface area contributed by atoms with Gasteiger partial charge in [0.25, 0.3) is 0 Å². The first-order valence-corrected chi connectivity index (χ1v) is 8.72. The molecule has 124 valence electrons. The van der Waals surface area contributed by atoms with Gasteiger partial charge in [-0.3, -0.25) is 4.79 Å². The maximum atomic E-state index is 12.2. The number of methoxy groups -OCH3 is 1. The first-order chi connectivity index (χ1) is 10.4. The summed E-state index contributed by atoms with van der Waals surface area (Å²) in [6.45, 7) is 2.48. The molecule has 1 aromatic carbocycles. The maximum Gasteiger partial charge on any atom is 0.321 e. The summed E-state index contributed by atoms with van der Waals surface area (Å²) in [7, 11) is -2.23. The number of unbranched alkanes of at least 4 members (excludes halogenated alkanes) is 1. The molecule has 0 aliphatic heterocycles. The van der Waals surface area contributed by atoms with Crippen LogP contribution in [0.1, 0.15) is 31.7 Å². The van der Waals surface area contributed by atoms with E-state index < -0.39 is 22.0 Å². The fourth-order valence-electron chi connectivity index (χ4n) is 1.95. The Morgan fingerprint density at radius 2 is 1.95 bits per heavy atom. The summed E-state index contributed by atoms with van der Waals surface area (Å²) in [6, 6.07) is 5.27. The summed E-state index contributed by atoms with van der Waals surface area (Å²) >= 11 is 0. The smallest absolute Gasteiger partial charge is 0.321 e. The molecule has 0 aromatic heterocycles. The molecule has 0 aliphatic carbocycles. The molecule has 0 radical (unpaired) electrons. The van der Waals surface area contributed by atoms with Crippen molar-refractivity contribution in [3.63, 3.8) is 0 Å². The van der Waals surface area contributed by atoms with Crippen LogP contribution in [-0.2, 0) is 26.0 Å². The molecule has 22 heavy (non-hydrogen) atoms. The van der Waals surface area contributed by atoms with Gasteiger partial charge in [0.05, 0.1) is 11.5 Å². The lowest BCUT2D eigenvalue weighted by Gasteiger charge is -2.14. The molecule has 1 atom stereocenters. The van der Waals surface area contributed by atoms with E-state index in [1.165, 1.54) is 12.1 Å². The summed E-state index contributed by atoms with van der Waals surface area (Å²) in [5.41, 5.74) is 0.960. The molecule has 0 bridgehead atoms. The minimum Gasteiger partial charge on any atom is -0.480 e. The third-order valence-corrected chi connectivity index (χ3v) is 4.76. The van der Waals surface area contributed by atoms with Gasteiger partial charge >= 0.3 is 5.97 Å². The second-order valence-electron chi connectivity index (χ2n) is 5.04. The van der Waals surface area contributed by atoms with Gasteiger partial charge in [-0.05, 0) is 30.5 Å². The Hall–Kier alpha value is -1.44. The molecule has 0 spiro atoms. The fraction of sp³-hybridized carbons (Fsp3) is 0.533. The largest absolute Gasteiger partial charge is 0.480 e. The SMILES string of the molecule is CCCCC(NS(=O)(=O)c1ccc(CCOC)cc1)C(=O)O. The minimum atomic E-state index is -3.83. The Labute approximate surface area is 131 Å². The molecule has 7 heteroatoms. The molecule has 1 unspecified atom stereocenters. The standard InChI is InChI=1S/C15H23NO5S/c1-3-4-5-14(15(17)18)16-22(19,20)13-8-6-12(7-9-13)10-11-21-2/h6-9,14,16H,3-5,10-11H2,1-2H3,(H,17,18). The Bertz CT molecular complexity index is 568. The second kappa shape index (κ2) is 8.87. The van der Waals surface area contributed by atoms with E-state index in [0.717, 1.165) is 12.0 Å². The number of carboxylic acid groups (broad SMARTS) is 1. The molecular formula is C15H23NO5S. The molecule has 0 aliphatic rings. The number of sulfonamides is 1. The van der Waals surface area contributed by atoms with Crippen LogP contribution in [0.15, 0.2) is 29.2 Å². The predicted octanol–water partition coefficient (Wildman–Crippen LogP) is 1.80. The van der Waals surface area contributed by atoms with Gasteiger partial charge in [-0.15, -0.1) is 0 Å². The predicted molar refractivity (Wildman–Crippen MR) is 83.3 cm³/mol. The molecular weight excluding hydrogens is 306 g/mol. The lowest BCUT2D eigenvalue weighted by atomic mass is 10.1. The third kappa shape index (κ3) is 5.75. The number of carbonyl (C=O) groups is 1. The summed E-state index contributed by atoms with van der Waals surface area (Å²) < 4.78 is 31.7. The lowest BCUT2D eigenvalue weighted by molar-refractivity contribution is -0.139. The Morgan fingerprint density at radius 3 is 2.45 bits per heavy atom. The van der Waals surface area contributed by atoms with Crippen molar-refractivity contribution in [2.24, 2.45) is 0 Å². The van der Waals surface area contributed by atoms with Gasteiger partial charge in [0.15, 0.2) is 0 Å². The van der Waals surface area contributed by atoms with Crippen molar-refractivity contribution in [1.29, 1.82) is 0 Å². The summed E-state index contributed by atoms with van der Waals surface area (Å²) in [5, 5.41) is 9.11. The highest BCUT2D eigenvalue weighted by Gasteiger charge is 2.24. The fourth-order valence-corrected chi connectivity index (χ4v) is 3.18. The van der Waals surface area contributed by atoms with Crippen molar-refractivity contribution < 1.29 is 23.1 Å². The number of aliphatic carboxylic acids is 1. The highest BCUT2D eigenvalue weighted by atomic mass is 32.2. The number of carboxylic acids is 1.